The Balaban J connectivity index is 1.88. The molecule has 2 aromatic heterocycles. The molecule has 2 atom stereocenters. The summed E-state index contributed by atoms with van der Waals surface area (Å²) in [4.78, 5) is 24.9. The number of rotatable bonds is 7. The maximum absolute atomic E-state index is 13.8. The Morgan fingerprint density at radius 3 is 2.69 bits per heavy atom. The first kappa shape index (κ1) is 20.4. The Hall–Kier alpha value is -3.34. The number of aliphatic hydroxyl groups excluding tert-OH is 1. The Kier molecular flexibility index (Phi) is 5.59. The van der Waals surface area contributed by atoms with E-state index in [-0.39, 0.29) is 29.4 Å². The van der Waals surface area contributed by atoms with Crippen LogP contribution in [0.5, 0.6) is 0 Å². The average molecular weight is 408 g/mol. The van der Waals surface area contributed by atoms with Crippen molar-refractivity contribution >= 4 is 22.8 Å². The number of benzene rings is 1. The van der Waals surface area contributed by atoms with E-state index in [1.165, 1.54) is 23.0 Å². The fourth-order valence-corrected chi connectivity index (χ4v) is 2.67. The summed E-state index contributed by atoms with van der Waals surface area (Å²) in [5, 5.41) is 26.7. The van der Waals surface area contributed by atoms with Crippen molar-refractivity contribution in [3.63, 3.8) is 0 Å². The van der Waals surface area contributed by atoms with Gasteiger partial charge in [-0.05, 0) is 32.0 Å². The summed E-state index contributed by atoms with van der Waals surface area (Å²) in [5.74, 6) is -4.81. The van der Waals surface area contributed by atoms with Gasteiger partial charge in [-0.25, -0.2) is 9.07 Å². The highest BCUT2D eigenvalue weighted by molar-refractivity contribution is 5.97. The SMILES string of the molecule is C[C@H](O)[C@@H](C)n1cc(CN(CC(=O)O)C(=O)c2cc3ccc(F)c(F)c3o2)nn1. The number of furan rings is 1. The number of halogens is 2. The number of aliphatic hydroxyl groups is 1. The second-order valence-corrected chi connectivity index (χ2v) is 6.62. The van der Waals surface area contributed by atoms with Crippen LogP contribution in [-0.2, 0) is 11.3 Å². The number of carboxylic acids is 1. The van der Waals surface area contributed by atoms with E-state index in [4.69, 9.17) is 9.52 Å². The van der Waals surface area contributed by atoms with Gasteiger partial charge in [-0.2, -0.15) is 4.39 Å². The number of hydrogen-bond acceptors (Lipinski definition) is 6. The first-order chi connectivity index (χ1) is 13.7. The van der Waals surface area contributed by atoms with Crippen LogP contribution in [0.3, 0.4) is 0 Å². The first-order valence-corrected chi connectivity index (χ1v) is 8.64. The lowest BCUT2D eigenvalue weighted by Gasteiger charge is -2.18. The quantitative estimate of drug-likeness (QED) is 0.613. The smallest absolute Gasteiger partial charge is 0.323 e. The highest BCUT2D eigenvalue weighted by Gasteiger charge is 2.25. The number of fused-ring (bicyclic) bond motifs is 1. The average Bonchev–Trinajstić information content (AvgIpc) is 3.30. The number of amides is 1. The first-order valence-electron chi connectivity index (χ1n) is 8.64. The van der Waals surface area contributed by atoms with Crippen LogP contribution in [0.4, 0.5) is 8.78 Å². The molecule has 0 unspecified atom stereocenters. The van der Waals surface area contributed by atoms with Crippen molar-refractivity contribution in [1.82, 2.24) is 19.9 Å². The summed E-state index contributed by atoms with van der Waals surface area (Å²) in [5.41, 5.74) is -0.152. The van der Waals surface area contributed by atoms with Crippen molar-refractivity contribution in [2.24, 2.45) is 0 Å². The number of hydrogen-bond donors (Lipinski definition) is 2. The fraction of sp³-hybridized carbons (Fsp3) is 0.333. The van der Waals surface area contributed by atoms with E-state index >= 15 is 0 Å². The standard InChI is InChI=1S/C18H18F2N4O5/c1-9(10(2)25)24-7-12(21-22-24)6-23(8-15(26)27)18(28)14-5-11-3-4-13(19)16(20)17(11)29-14/h3-5,7,9-10,25H,6,8H2,1-2H3,(H,26,27)/t9-,10+/m1/s1. The van der Waals surface area contributed by atoms with E-state index in [1.807, 2.05) is 0 Å². The molecule has 2 N–H and O–H groups in total. The number of nitrogens with zero attached hydrogens (tertiary/aromatic N) is 4. The number of aliphatic carboxylic acids is 1. The summed E-state index contributed by atoms with van der Waals surface area (Å²) in [6.07, 6.45) is 0.778. The van der Waals surface area contributed by atoms with E-state index in [0.717, 1.165) is 11.0 Å². The van der Waals surface area contributed by atoms with Gasteiger partial charge < -0.3 is 19.5 Å². The predicted molar refractivity (Wildman–Crippen MR) is 94.9 cm³/mol. The highest BCUT2D eigenvalue weighted by atomic mass is 19.2. The number of carbonyl (C=O) groups excluding carboxylic acids is 1. The van der Waals surface area contributed by atoms with Gasteiger partial charge in [0.1, 0.15) is 12.2 Å². The number of carbonyl (C=O) groups is 2. The van der Waals surface area contributed by atoms with E-state index in [9.17, 15) is 23.5 Å². The van der Waals surface area contributed by atoms with Crippen molar-refractivity contribution in [3.05, 3.63) is 47.5 Å². The van der Waals surface area contributed by atoms with E-state index in [1.54, 1.807) is 13.8 Å². The normalized spacial score (nSPS) is 13.4. The Bertz CT molecular complexity index is 1060. The van der Waals surface area contributed by atoms with Crippen LogP contribution in [-0.4, -0.2) is 54.6 Å². The third-order valence-corrected chi connectivity index (χ3v) is 4.43. The van der Waals surface area contributed by atoms with Crippen molar-refractivity contribution in [3.8, 4) is 0 Å². The second-order valence-electron chi connectivity index (χ2n) is 6.62. The van der Waals surface area contributed by atoms with Crippen molar-refractivity contribution in [2.45, 2.75) is 32.5 Å². The molecule has 0 saturated carbocycles. The summed E-state index contributed by atoms with van der Waals surface area (Å²) in [6.45, 7) is 2.40. The molecule has 0 aliphatic rings. The molecule has 0 aliphatic heterocycles. The lowest BCUT2D eigenvalue weighted by Crippen LogP contribution is -2.35. The van der Waals surface area contributed by atoms with Crippen molar-refractivity contribution in [1.29, 1.82) is 0 Å². The van der Waals surface area contributed by atoms with Crippen molar-refractivity contribution < 1.29 is 33.0 Å². The lowest BCUT2D eigenvalue weighted by molar-refractivity contribution is -0.137. The monoisotopic (exact) mass is 408 g/mol. The molecule has 11 heteroatoms. The van der Waals surface area contributed by atoms with Crippen LogP contribution >= 0.6 is 0 Å². The molecule has 9 nitrogen and oxygen atoms in total. The minimum absolute atomic E-state index is 0.166. The molecular formula is C18H18F2N4O5. The number of carboxylic acid groups (broad SMARTS) is 1. The Labute approximate surface area is 163 Å². The van der Waals surface area contributed by atoms with E-state index < -0.39 is 41.7 Å². The van der Waals surface area contributed by atoms with Crippen LogP contribution in [0.1, 0.15) is 36.1 Å². The molecule has 0 aliphatic carbocycles. The Morgan fingerprint density at radius 2 is 2.03 bits per heavy atom. The Morgan fingerprint density at radius 1 is 1.31 bits per heavy atom. The van der Waals surface area contributed by atoms with Crippen LogP contribution in [0.25, 0.3) is 11.0 Å². The molecule has 0 fully saturated rings. The molecule has 0 spiro atoms. The zero-order valence-corrected chi connectivity index (χ0v) is 15.5. The summed E-state index contributed by atoms with van der Waals surface area (Å²) in [6, 6.07) is 2.98. The van der Waals surface area contributed by atoms with Crippen LogP contribution < -0.4 is 0 Å². The van der Waals surface area contributed by atoms with Crippen LogP contribution in [0, 0.1) is 11.6 Å². The van der Waals surface area contributed by atoms with Gasteiger partial charge in [0, 0.05) is 5.39 Å². The summed E-state index contributed by atoms with van der Waals surface area (Å²) < 4.78 is 33.7. The summed E-state index contributed by atoms with van der Waals surface area (Å²) >= 11 is 0. The van der Waals surface area contributed by atoms with Crippen molar-refractivity contribution in [2.75, 3.05) is 6.54 Å². The lowest BCUT2D eigenvalue weighted by atomic mass is 10.2. The largest absolute Gasteiger partial charge is 0.480 e. The van der Waals surface area contributed by atoms with Gasteiger partial charge in [-0.1, -0.05) is 5.21 Å². The molecule has 154 valence electrons. The van der Waals surface area contributed by atoms with Gasteiger partial charge in [0.15, 0.2) is 17.2 Å². The molecular weight excluding hydrogens is 390 g/mol. The van der Waals surface area contributed by atoms with Gasteiger partial charge in [-0.3, -0.25) is 9.59 Å². The highest BCUT2D eigenvalue weighted by Crippen LogP contribution is 2.25. The third kappa shape index (κ3) is 4.24. The van der Waals surface area contributed by atoms with E-state index in [0.29, 0.717) is 0 Å². The number of aromatic nitrogens is 3. The maximum Gasteiger partial charge on any atom is 0.323 e. The maximum atomic E-state index is 13.8. The van der Waals surface area contributed by atoms with Crippen LogP contribution in [0.2, 0.25) is 0 Å². The molecule has 0 saturated heterocycles. The van der Waals surface area contributed by atoms with Gasteiger partial charge in [0.05, 0.1) is 24.9 Å². The molecule has 0 radical (unpaired) electrons. The van der Waals surface area contributed by atoms with Gasteiger partial charge in [-0.15, -0.1) is 5.10 Å². The molecule has 3 rings (SSSR count). The second kappa shape index (κ2) is 7.95. The molecule has 1 amide bonds. The minimum atomic E-state index is -1.28. The molecule has 2 heterocycles. The van der Waals surface area contributed by atoms with Crippen LogP contribution in [0.15, 0.2) is 28.8 Å². The topological polar surface area (TPSA) is 122 Å². The zero-order valence-electron chi connectivity index (χ0n) is 15.5. The van der Waals surface area contributed by atoms with Gasteiger partial charge in [0.2, 0.25) is 5.82 Å². The zero-order chi connectivity index (χ0) is 21.3. The molecule has 3 aromatic rings. The van der Waals surface area contributed by atoms with E-state index in [2.05, 4.69) is 10.3 Å². The predicted octanol–water partition coefficient (Wildman–Crippen LogP) is 1.97. The summed E-state index contributed by atoms with van der Waals surface area (Å²) in [7, 11) is 0. The minimum Gasteiger partial charge on any atom is -0.480 e. The molecule has 1 aromatic carbocycles. The molecule has 29 heavy (non-hydrogen) atoms. The third-order valence-electron chi connectivity index (χ3n) is 4.43. The van der Waals surface area contributed by atoms with Gasteiger partial charge in [0.25, 0.3) is 5.91 Å². The fourth-order valence-electron chi connectivity index (χ4n) is 2.67. The van der Waals surface area contributed by atoms with Gasteiger partial charge >= 0.3 is 5.97 Å². The molecule has 0 bridgehead atoms.